The number of carboxylic acids is 1. The molecule has 0 saturated heterocycles. The molecule has 0 spiro atoms. The molecule has 0 saturated carbocycles. The van der Waals surface area contributed by atoms with Gasteiger partial charge in [-0.25, -0.2) is 0 Å². The van der Waals surface area contributed by atoms with E-state index in [1.165, 1.54) is 13.8 Å². The Balaban J connectivity index is 2.15. The predicted molar refractivity (Wildman–Crippen MR) is 65.0 cm³/mol. The minimum Gasteiger partial charge on any atom is -0.480 e. The number of carbonyl (C=O) groups is 2. The first-order valence-corrected chi connectivity index (χ1v) is 5.65. The van der Waals surface area contributed by atoms with Gasteiger partial charge in [0.15, 0.2) is 0 Å². The molecule has 0 bridgehead atoms. The second kappa shape index (κ2) is 4.42. The van der Waals surface area contributed by atoms with Crippen molar-refractivity contribution in [3.8, 4) is 0 Å². The van der Waals surface area contributed by atoms with Crippen LogP contribution < -0.4 is 5.32 Å². The summed E-state index contributed by atoms with van der Waals surface area (Å²) in [7, 11) is 0. The van der Waals surface area contributed by atoms with E-state index in [9.17, 15) is 9.59 Å². The minimum absolute atomic E-state index is 0.529. The van der Waals surface area contributed by atoms with Crippen molar-refractivity contribution in [2.75, 3.05) is 5.32 Å². The van der Waals surface area contributed by atoms with Crippen LogP contribution in [0.25, 0.3) is 0 Å². The summed E-state index contributed by atoms with van der Waals surface area (Å²) in [6.07, 6.45) is 0. The fourth-order valence-electron chi connectivity index (χ4n) is 1.63. The van der Waals surface area contributed by atoms with E-state index in [1.807, 2.05) is 12.1 Å². The summed E-state index contributed by atoms with van der Waals surface area (Å²) in [5.41, 5.74) is 1.28. The maximum atomic E-state index is 11.9. The zero-order valence-electron chi connectivity index (χ0n) is 10.3. The lowest BCUT2D eigenvalue weighted by molar-refractivity contribution is -0.151. The van der Waals surface area contributed by atoms with E-state index in [2.05, 4.69) is 5.32 Å². The summed E-state index contributed by atoms with van der Waals surface area (Å²) in [4.78, 5) is 22.8. The molecule has 1 aliphatic heterocycles. The summed E-state index contributed by atoms with van der Waals surface area (Å²) in [6, 6.07) is 5.45. The highest BCUT2D eigenvalue weighted by atomic mass is 16.5. The number of hydrogen-bond acceptors (Lipinski definition) is 3. The van der Waals surface area contributed by atoms with Gasteiger partial charge in [-0.1, -0.05) is 6.07 Å². The lowest BCUT2D eigenvalue weighted by Crippen LogP contribution is -2.37. The second-order valence-electron chi connectivity index (χ2n) is 4.86. The lowest BCUT2D eigenvalue weighted by atomic mass is 9.92. The highest BCUT2D eigenvalue weighted by molar-refractivity contribution is 6.07. The van der Waals surface area contributed by atoms with Gasteiger partial charge in [-0.15, -0.1) is 0 Å². The summed E-state index contributed by atoms with van der Waals surface area (Å²) in [6.45, 7) is 3.87. The van der Waals surface area contributed by atoms with Gasteiger partial charge in [0.2, 0.25) is 5.91 Å². The van der Waals surface area contributed by atoms with Crippen molar-refractivity contribution in [1.29, 1.82) is 0 Å². The maximum absolute atomic E-state index is 11.9. The standard InChI is InChI=1S/C13H15NO4/c1-13(2,12(16)17)11(15)14-10-4-3-8-6-18-7-9(8)5-10/h3-5H,6-7H2,1-2H3,(H,14,15)(H,16,17). The third kappa shape index (κ3) is 2.22. The molecule has 2 N–H and O–H groups in total. The first-order chi connectivity index (χ1) is 8.41. The van der Waals surface area contributed by atoms with Gasteiger partial charge in [-0.05, 0) is 37.1 Å². The monoisotopic (exact) mass is 249 g/mol. The Hall–Kier alpha value is -1.88. The topological polar surface area (TPSA) is 75.6 Å². The second-order valence-corrected chi connectivity index (χ2v) is 4.86. The predicted octanol–water partition coefficient (Wildman–Crippen LogP) is 1.77. The summed E-state index contributed by atoms with van der Waals surface area (Å²) in [5, 5.41) is 11.6. The molecule has 1 aliphatic rings. The largest absolute Gasteiger partial charge is 0.480 e. The number of amides is 1. The van der Waals surface area contributed by atoms with Gasteiger partial charge in [0.05, 0.1) is 13.2 Å². The fourth-order valence-corrected chi connectivity index (χ4v) is 1.63. The summed E-state index contributed by atoms with van der Waals surface area (Å²) < 4.78 is 5.27. The first-order valence-electron chi connectivity index (χ1n) is 5.65. The van der Waals surface area contributed by atoms with Gasteiger partial charge in [-0.2, -0.15) is 0 Å². The molecule has 0 aromatic heterocycles. The van der Waals surface area contributed by atoms with Crippen LogP contribution in [-0.4, -0.2) is 17.0 Å². The number of ether oxygens (including phenoxy) is 1. The van der Waals surface area contributed by atoms with Crippen LogP contribution in [-0.2, 0) is 27.5 Å². The van der Waals surface area contributed by atoms with Crippen molar-refractivity contribution < 1.29 is 19.4 Å². The van der Waals surface area contributed by atoms with Crippen molar-refractivity contribution in [3.05, 3.63) is 29.3 Å². The molecule has 0 fully saturated rings. The molecule has 5 heteroatoms. The third-order valence-electron chi connectivity index (χ3n) is 3.08. The molecule has 1 amide bonds. The normalized spacial score (nSPS) is 14.1. The van der Waals surface area contributed by atoms with Crippen LogP contribution >= 0.6 is 0 Å². The van der Waals surface area contributed by atoms with E-state index >= 15 is 0 Å². The number of carboxylic acid groups (broad SMARTS) is 1. The highest BCUT2D eigenvalue weighted by Crippen LogP contribution is 2.25. The number of nitrogens with one attached hydrogen (secondary N) is 1. The lowest BCUT2D eigenvalue weighted by Gasteiger charge is -2.18. The van der Waals surface area contributed by atoms with E-state index in [0.29, 0.717) is 18.9 Å². The first kappa shape index (κ1) is 12.6. The van der Waals surface area contributed by atoms with Gasteiger partial charge in [0, 0.05) is 5.69 Å². The molecule has 0 unspecified atom stereocenters. The number of benzene rings is 1. The van der Waals surface area contributed by atoms with Gasteiger partial charge in [0.1, 0.15) is 5.41 Å². The summed E-state index contributed by atoms with van der Waals surface area (Å²) >= 11 is 0. The van der Waals surface area contributed by atoms with Gasteiger partial charge in [-0.3, -0.25) is 9.59 Å². The molecule has 1 heterocycles. The van der Waals surface area contributed by atoms with Crippen molar-refractivity contribution in [2.24, 2.45) is 5.41 Å². The molecular formula is C13H15NO4. The molecule has 0 radical (unpaired) electrons. The molecule has 2 rings (SSSR count). The number of anilines is 1. The molecule has 1 aromatic carbocycles. The molecule has 1 aromatic rings. The SMILES string of the molecule is CC(C)(C(=O)O)C(=O)Nc1ccc2c(c1)COC2. The quantitative estimate of drug-likeness (QED) is 0.800. The van der Waals surface area contributed by atoms with Crippen molar-refractivity contribution >= 4 is 17.6 Å². The van der Waals surface area contributed by atoms with Crippen LogP contribution in [0.2, 0.25) is 0 Å². The zero-order chi connectivity index (χ0) is 13.3. The Morgan fingerprint density at radius 1 is 1.28 bits per heavy atom. The van der Waals surface area contributed by atoms with E-state index < -0.39 is 17.3 Å². The molecule has 0 atom stereocenters. The van der Waals surface area contributed by atoms with Crippen molar-refractivity contribution in [2.45, 2.75) is 27.1 Å². The number of fused-ring (bicyclic) bond motifs is 1. The average molecular weight is 249 g/mol. The molecule has 96 valence electrons. The van der Waals surface area contributed by atoms with Crippen LogP contribution in [0.1, 0.15) is 25.0 Å². The van der Waals surface area contributed by atoms with Gasteiger partial charge < -0.3 is 15.2 Å². The minimum atomic E-state index is -1.45. The number of carbonyl (C=O) groups excluding carboxylic acids is 1. The number of hydrogen-bond donors (Lipinski definition) is 2. The van der Waals surface area contributed by atoms with Crippen LogP contribution in [0.15, 0.2) is 18.2 Å². The van der Waals surface area contributed by atoms with Crippen LogP contribution in [0.5, 0.6) is 0 Å². The maximum Gasteiger partial charge on any atom is 0.318 e. The Labute approximate surface area is 105 Å². The van der Waals surface area contributed by atoms with E-state index in [0.717, 1.165) is 11.1 Å². The average Bonchev–Trinajstić information content (AvgIpc) is 2.75. The smallest absolute Gasteiger partial charge is 0.318 e. The zero-order valence-corrected chi connectivity index (χ0v) is 10.3. The van der Waals surface area contributed by atoms with Crippen molar-refractivity contribution in [1.82, 2.24) is 0 Å². The third-order valence-corrected chi connectivity index (χ3v) is 3.08. The van der Waals surface area contributed by atoms with Crippen LogP contribution in [0.3, 0.4) is 0 Å². The number of aliphatic carboxylic acids is 1. The Morgan fingerprint density at radius 3 is 2.61 bits per heavy atom. The Kier molecular flexibility index (Phi) is 3.09. The molecular weight excluding hydrogens is 234 g/mol. The van der Waals surface area contributed by atoms with E-state index in [1.54, 1.807) is 6.07 Å². The highest BCUT2D eigenvalue weighted by Gasteiger charge is 2.36. The number of rotatable bonds is 3. The molecule has 0 aliphatic carbocycles. The summed E-state index contributed by atoms with van der Waals surface area (Å²) in [5.74, 6) is -1.68. The van der Waals surface area contributed by atoms with Crippen LogP contribution in [0, 0.1) is 5.41 Å². The molecule has 5 nitrogen and oxygen atoms in total. The van der Waals surface area contributed by atoms with Crippen LogP contribution in [0.4, 0.5) is 5.69 Å². The van der Waals surface area contributed by atoms with E-state index in [-0.39, 0.29) is 0 Å². The Bertz CT molecular complexity index is 508. The fraction of sp³-hybridized carbons (Fsp3) is 0.385. The van der Waals surface area contributed by atoms with Gasteiger partial charge >= 0.3 is 5.97 Å². The Morgan fingerprint density at radius 2 is 1.94 bits per heavy atom. The van der Waals surface area contributed by atoms with Gasteiger partial charge in [0.25, 0.3) is 0 Å². The van der Waals surface area contributed by atoms with E-state index in [4.69, 9.17) is 9.84 Å². The molecule has 18 heavy (non-hydrogen) atoms. The van der Waals surface area contributed by atoms with Crippen molar-refractivity contribution in [3.63, 3.8) is 0 Å².